The monoisotopic (exact) mass is 394 g/mol. The Labute approximate surface area is 168 Å². The Bertz CT molecular complexity index is 1040. The summed E-state index contributed by atoms with van der Waals surface area (Å²) >= 11 is 1.27. The van der Waals surface area contributed by atoms with Crippen LogP contribution in [0.15, 0.2) is 64.0 Å². The summed E-state index contributed by atoms with van der Waals surface area (Å²) in [4.78, 5) is 18.0. The fraction of sp³-hybridized carbons (Fsp3) is 0.286. The Morgan fingerprint density at radius 1 is 1.25 bits per heavy atom. The summed E-state index contributed by atoms with van der Waals surface area (Å²) < 4.78 is 5.66. The van der Waals surface area contributed by atoms with E-state index in [1.54, 1.807) is 12.3 Å². The van der Waals surface area contributed by atoms with Gasteiger partial charge in [-0.25, -0.2) is 0 Å². The van der Waals surface area contributed by atoms with Crippen LogP contribution in [0.3, 0.4) is 0 Å². The average Bonchev–Trinajstić information content (AvgIpc) is 3.39. The number of hydrogen-bond donors (Lipinski definition) is 1. The molecule has 0 aliphatic carbocycles. The smallest absolute Gasteiger partial charge is 0.277 e. The molecule has 0 unspecified atom stereocenters. The number of nitrogens with zero attached hydrogens (tertiary/aromatic N) is 3. The van der Waals surface area contributed by atoms with Crippen molar-refractivity contribution < 1.29 is 9.21 Å². The normalized spacial score (nSPS) is 17.7. The van der Waals surface area contributed by atoms with E-state index in [4.69, 9.17) is 4.42 Å². The van der Waals surface area contributed by atoms with Crippen LogP contribution < -0.4 is 4.90 Å². The second kappa shape index (κ2) is 6.98. The molecular weight excluding hydrogens is 372 g/mol. The van der Waals surface area contributed by atoms with Crippen molar-refractivity contribution in [1.29, 1.82) is 0 Å². The van der Waals surface area contributed by atoms with E-state index >= 15 is 0 Å². The van der Waals surface area contributed by atoms with Crippen molar-refractivity contribution in [3.8, 4) is 11.6 Å². The van der Waals surface area contributed by atoms with Crippen LogP contribution in [0.4, 0.5) is 5.69 Å². The van der Waals surface area contributed by atoms with E-state index < -0.39 is 0 Å². The van der Waals surface area contributed by atoms with E-state index in [9.17, 15) is 4.79 Å². The zero-order valence-corrected chi connectivity index (χ0v) is 17.1. The van der Waals surface area contributed by atoms with Crippen LogP contribution >= 0.6 is 11.8 Å². The molecule has 1 aromatic carbocycles. The molecule has 0 fully saturated rings. The summed E-state index contributed by atoms with van der Waals surface area (Å²) in [6.45, 7) is 6.15. The molecule has 0 bridgehead atoms. The minimum absolute atomic E-state index is 0.0207. The molecule has 0 saturated heterocycles. The summed E-state index contributed by atoms with van der Waals surface area (Å²) in [5, 5.41) is 8.12. The maximum absolute atomic E-state index is 12.9. The minimum atomic E-state index is -0.336. The predicted octanol–water partition coefficient (Wildman–Crippen LogP) is 4.43. The molecule has 6 nitrogen and oxygen atoms in total. The third kappa shape index (κ3) is 3.16. The first-order valence-electron chi connectivity index (χ1n) is 9.11. The van der Waals surface area contributed by atoms with Gasteiger partial charge in [-0.3, -0.25) is 4.79 Å². The SMILES string of the molecule is C[C@H](Sc1nnc(-c2ccc[nH]2)o1)C(=O)/C=C1/N(C)c2ccccc2C1(C)C. The number of hydrogen-bond acceptors (Lipinski definition) is 6. The fourth-order valence-electron chi connectivity index (χ4n) is 3.55. The lowest BCUT2D eigenvalue weighted by molar-refractivity contribution is -0.114. The number of allylic oxidation sites excluding steroid dienone is 2. The number of benzene rings is 1. The van der Waals surface area contributed by atoms with Crippen LogP contribution in [0.1, 0.15) is 26.3 Å². The zero-order chi connectivity index (χ0) is 19.9. The molecule has 0 saturated carbocycles. The van der Waals surface area contributed by atoms with Crippen LogP contribution in [0.2, 0.25) is 0 Å². The van der Waals surface area contributed by atoms with Gasteiger partial charge >= 0.3 is 0 Å². The van der Waals surface area contributed by atoms with Gasteiger partial charge in [0.05, 0.1) is 5.25 Å². The summed E-state index contributed by atoms with van der Waals surface area (Å²) in [7, 11) is 2.01. The first kappa shape index (κ1) is 18.6. The zero-order valence-electron chi connectivity index (χ0n) is 16.3. The molecule has 1 aliphatic heterocycles. The van der Waals surface area contributed by atoms with Crippen LogP contribution in [0.25, 0.3) is 11.6 Å². The van der Waals surface area contributed by atoms with Crippen LogP contribution in [0.5, 0.6) is 0 Å². The third-order valence-corrected chi connectivity index (χ3v) is 6.08. The Kier molecular flexibility index (Phi) is 4.63. The summed E-state index contributed by atoms with van der Waals surface area (Å²) in [6, 6.07) is 12.0. The number of fused-ring (bicyclic) bond motifs is 1. The van der Waals surface area contributed by atoms with E-state index in [-0.39, 0.29) is 16.4 Å². The molecule has 0 radical (unpaired) electrons. The lowest BCUT2D eigenvalue weighted by Crippen LogP contribution is -2.25. The second-order valence-electron chi connectivity index (χ2n) is 7.35. The molecule has 2 aromatic heterocycles. The molecule has 4 rings (SSSR count). The molecule has 1 atom stereocenters. The number of thioether (sulfide) groups is 1. The average molecular weight is 395 g/mol. The highest BCUT2D eigenvalue weighted by Gasteiger charge is 2.38. The molecule has 144 valence electrons. The lowest BCUT2D eigenvalue weighted by atomic mass is 9.83. The van der Waals surface area contributed by atoms with Gasteiger partial charge < -0.3 is 14.3 Å². The number of aromatic nitrogens is 3. The van der Waals surface area contributed by atoms with Crippen molar-refractivity contribution in [2.24, 2.45) is 0 Å². The number of nitrogens with one attached hydrogen (secondary N) is 1. The van der Waals surface area contributed by atoms with Crippen molar-refractivity contribution in [1.82, 2.24) is 15.2 Å². The van der Waals surface area contributed by atoms with Gasteiger partial charge in [0.25, 0.3) is 11.1 Å². The number of rotatable bonds is 5. The largest absolute Gasteiger partial charge is 0.410 e. The third-order valence-electron chi connectivity index (χ3n) is 5.13. The molecule has 7 heteroatoms. The van der Waals surface area contributed by atoms with Gasteiger partial charge in [0.2, 0.25) is 0 Å². The number of carbonyl (C=O) groups excluding carboxylic acids is 1. The molecular formula is C21H22N4O2S. The fourth-order valence-corrected chi connectivity index (χ4v) is 4.25. The van der Waals surface area contributed by atoms with E-state index in [1.807, 2.05) is 38.2 Å². The van der Waals surface area contributed by atoms with Gasteiger partial charge in [0, 0.05) is 36.1 Å². The quantitative estimate of drug-likeness (QED) is 0.510. The number of anilines is 1. The number of aromatic amines is 1. The van der Waals surface area contributed by atoms with Crippen molar-refractivity contribution >= 4 is 23.2 Å². The maximum atomic E-state index is 12.9. The highest BCUT2D eigenvalue weighted by Crippen LogP contribution is 2.46. The second-order valence-corrected chi connectivity index (χ2v) is 8.64. The standard InChI is InChI=1S/C21H22N4O2S/c1-13(28-20-24-23-19(27-20)15-9-7-11-22-15)17(26)12-18-21(2,3)14-8-5-6-10-16(14)25(18)4/h5-13,22H,1-4H3/b18-12+/t13-/m0/s1. The molecule has 0 amide bonds. The van der Waals surface area contributed by atoms with E-state index in [2.05, 4.69) is 46.1 Å². The van der Waals surface area contributed by atoms with E-state index in [0.29, 0.717) is 11.1 Å². The lowest BCUT2D eigenvalue weighted by Gasteiger charge is -2.24. The predicted molar refractivity (Wildman–Crippen MR) is 110 cm³/mol. The molecule has 3 heterocycles. The molecule has 0 spiro atoms. The number of carbonyl (C=O) groups is 1. The van der Waals surface area contributed by atoms with Crippen molar-refractivity contribution in [2.75, 3.05) is 11.9 Å². The van der Waals surface area contributed by atoms with Gasteiger partial charge in [-0.1, -0.05) is 43.8 Å². The Balaban J connectivity index is 1.52. The Morgan fingerprint density at radius 2 is 2.04 bits per heavy atom. The Hall–Kier alpha value is -2.80. The van der Waals surface area contributed by atoms with Gasteiger partial charge in [-0.2, -0.15) is 0 Å². The Morgan fingerprint density at radius 3 is 2.75 bits per heavy atom. The van der Waals surface area contributed by atoms with Gasteiger partial charge in [0.1, 0.15) is 5.69 Å². The number of H-pyrrole nitrogens is 1. The summed E-state index contributed by atoms with van der Waals surface area (Å²) in [5.74, 6) is 0.435. The van der Waals surface area contributed by atoms with Crippen molar-refractivity contribution in [3.05, 3.63) is 59.9 Å². The number of ketones is 1. The highest BCUT2D eigenvalue weighted by molar-refractivity contribution is 8.00. The molecule has 1 aliphatic rings. The first-order valence-corrected chi connectivity index (χ1v) is 9.99. The molecule has 3 aromatic rings. The van der Waals surface area contributed by atoms with Crippen LogP contribution in [-0.2, 0) is 10.2 Å². The summed E-state index contributed by atoms with van der Waals surface area (Å²) in [5.41, 5.74) is 3.89. The minimum Gasteiger partial charge on any atom is -0.410 e. The molecule has 1 N–H and O–H groups in total. The van der Waals surface area contributed by atoms with Crippen LogP contribution in [0, 0.1) is 0 Å². The topological polar surface area (TPSA) is 75.0 Å². The number of para-hydroxylation sites is 1. The van der Waals surface area contributed by atoms with Crippen molar-refractivity contribution in [3.63, 3.8) is 0 Å². The van der Waals surface area contributed by atoms with Gasteiger partial charge in [-0.15, -0.1) is 10.2 Å². The van der Waals surface area contributed by atoms with E-state index in [0.717, 1.165) is 17.1 Å². The van der Waals surface area contributed by atoms with Gasteiger partial charge in [-0.05, 0) is 30.7 Å². The van der Waals surface area contributed by atoms with E-state index in [1.165, 1.54) is 17.3 Å². The first-order chi connectivity index (χ1) is 13.4. The van der Waals surface area contributed by atoms with Crippen molar-refractivity contribution in [2.45, 2.75) is 36.7 Å². The number of likely N-dealkylation sites (N-methyl/N-ethyl adjacent to an activating group) is 1. The molecule has 28 heavy (non-hydrogen) atoms. The summed E-state index contributed by atoms with van der Waals surface area (Å²) in [6.07, 6.45) is 3.54. The highest BCUT2D eigenvalue weighted by atomic mass is 32.2. The van der Waals surface area contributed by atoms with Crippen LogP contribution in [-0.4, -0.2) is 33.3 Å². The maximum Gasteiger partial charge on any atom is 0.277 e. The van der Waals surface area contributed by atoms with Gasteiger partial charge in [0.15, 0.2) is 5.78 Å².